The number of amides is 1. The number of rotatable bonds is 7. The van der Waals surface area contributed by atoms with Gasteiger partial charge in [0.2, 0.25) is 0 Å². The van der Waals surface area contributed by atoms with Crippen molar-refractivity contribution in [1.82, 2.24) is 5.32 Å². The molecule has 1 N–H and O–H groups in total. The maximum atomic E-state index is 11.6. The van der Waals surface area contributed by atoms with Crippen LogP contribution in [0.3, 0.4) is 0 Å². The maximum Gasteiger partial charge on any atom is 0.344 e. The van der Waals surface area contributed by atoms with E-state index in [1.165, 1.54) is 0 Å². The maximum absolute atomic E-state index is 11.6. The normalized spacial score (nSPS) is 10.9. The standard InChI is InChI=1S/C15H20BrNO4/c1-4-15(2,3)17-13(18)9-21-14(19)10-20-12-7-5-11(16)6-8-12/h5-8H,4,9-10H2,1-3H3,(H,17,18). The van der Waals surface area contributed by atoms with E-state index in [-0.39, 0.29) is 24.7 Å². The topological polar surface area (TPSA) is 64.6 Å². The molecule has 0 fully saturated rings. The van der Waals surface area contributed by atoms with Crippen LogP contribution in [0.25, 0.3) is 0 Å². The monoisotopic (exact) mass is 357 g/mol. The van der Waals surface area contributed by atoms with E-state index in [0.717, 1.165) is 10.9 Å². The van der Waals surface area contributed by atoms with Crippen molar-refractivity contribution in [3.8, 4) is 5.75 Å². The van der Waals surface area contributed by atoms with Crippen molar-refractivity contribution < 1.29 is 19.1 Å². The molecule has 0 saturated carbocycles. The third-order valence-electron chi connectivity index (χ3n) is 2.90. The first kappa shape index (κ1) is 17.5. The summed E-state index contributed by atoms with van der Waals surface area (Å²) in [6, 6.07) is 7.07. The lowest BCUT2D eigenvalue weighted by Crippen LogP contribution is -2.44. The fourth-order valence-electron chi connectivity index (χ4n) is 1.36. The summed E-state index contributed by atoms with van der Waals surface area (Å²) in [6.45, 7) is 5.25. The quantitative estimate of drug-likeness (QED) is 0.762. The number of benzene rings is 1. The molecule has 0 unspecified atom stereocenters. The smallest absolute Gasteiger partial charge is 0.344 e. The summed E-state index contributed by atoms with van der Waals surface area (Å²) in [7, 11) is 0. The summed E-state index contributed by atoms with van der Waals surface area (Å²) in [5.74, 6) is -0.340. The molecule has 1 amide bonds. The minimum atomic E-state index is -0.581. The Kier molecular flexibility index (Phi) is 6.68. The zero-order valence-corrected chi connectivity index (χ0v) is 14.0. The first-order valence-corrected chi connectivity index (χ1v) is 7.46. The molecule has 1 aromatic rings. The Labute approximate surface area is 133 Å². The van der Waals surface area contributed by atoms with E-state index in [2.05, 4.69) is 21.2 Å². The molecule has 0 atom stereocenters. The number of carbonyl (C=O) groups excluding carboxylic acids is 2. The summed E-state index contributed by atoms with van der Waals surface area (Å²) < 4.78 is 11.0. The molecule has 0 aliphatic rings. The average Bonchev–Trinajstić information content (AvgIpc) is 2.44. The minimum absolute atomic E-state index is 0.230. The minimum Gasteiger partial charge on any atom is -0.482 e. The van der Waals surface area contributed by atoms with E-state index in [0.29, 0.717) is 5.75 Å². The largest absolute Gasteiger partial charge is 0.482 e. The molecule has 21 heavy (non-hydrogen) atoms. The van der Waals surface area contributed by atoms with E-state index in [1.54, 1.807) is 24.3 Å². The molecule has 0 aliphatic heterocycles. The molecular weight excluding hydrogens is 338 g/mol. The number of esters is 1. The van der Waals surface area contributed by atoms with Crippen LogP contribution in [0, 0.1) is 0 Å². The van der Waals surface area contributed by atoms with Crippen molar-refractivity contribution >= 4 is 27.8 Å². The molecule has 5 nitrogen and oxygen atoms in total. The van der Waals surface area contributed by atoms with Gasteiger partial charge in [-0.1, -0.05) is 22.9 Å². The number of hydrogen-bond acceptors (Lipinski definition) is 4. The molecular formula is C15H20BrNO4. The van der Waals surface area contributed by atoms with Crippen molar-refractivity contribution in [2.75, 3.05) is 13.2 Å². The van der Waals surface area contributed by atoms with E-state index in [1.807, 2.05) is 20.8 Å². The van der Waals surface area contributed by atoms with Crippen LogP contribution in [-0.4, -0.2) is 30.6 Å². The molecule has 1 aromatic carbocycles. The molecule has 0 aromatic heterocycles. The van der Waals surface area contributed by atoms with Gasteiger partial charge in [0.15, 0.2) is 13.2 Å². The average molecular weight is 358 g/mol. The van der Waals surface area contributed by atoms with Gasteiger partial charge in [0.1, 0.15) is 5.75 Å². The molecule has 0 aliphatic carbocycles. The van der Waals surface area contributed by atoms with Crippen LogP contribution in [0.2, 0.25) is 0 Å². The van der Waals surface area contributed by atoms with Gasteiger partial charge in [0, 0.05) is 10.0 Å². The predicted molar refractivity (Wildman–Crippen MR) is 83.1 cm³/mol. The van der Waals surface area contributed by atoms with Crippen LogP contribution < -0.4 is 10.1 Å². The zero-order valence-electron chi connectivity index (χ0n) is 12.4. The van der Waals surface area contributed by atoms with Crippen LogP contribution in [0.15, 0.2) is 28.7 Å². The molecule has 6 heteroatoms. The molecule has 1 rings (SSSR count). The summed E-state index contributed by atoms with van der Waals surface area (Å²) >= 11 is 3.30. The Hall–Kier alpha value is -1.56. The van der Waals surface area contributed by atoms with Crippen molar-refractivity contribution in [1.29, 1.82) is 0 Å². The van der Waals surface area contributed by atoms with E-state index >= 15 is 0 Å². The Morgan fingerprint density at radius 2 is 1.81 bits per heavy atom. The highest BCUT2D eigenvalue weighted by molar-refractivity contribution is 9.10. The lowest BCUT2D eigenvalue weighted by Gasteiger charge is -2.24. The number of carbonyl (C=O) groups is 2. The lowest BCUT2D eigenvalue weighted by atomic mass is 10.0. The van der Waals surface area contributed by atoms with Gasteiger partial charge in [-0.3, -0.25) is 4.79 Å². The van der Waals surface area contributed by atoms with Gasteiger partial charge in [-0.25, -0.2) is 4.79 Å². The zero-order chi connectivity index (χ0) is 15.9. The first-order valence-electron chi connectivity index (χ1n) is 6.67. The van der Waals surface area contributed by atoms with Crippen molar-refractivity contribution in [3.63, 3.8) is 0 Å². The second-order valence-electron chi connectivity index (χ2n) is 5.19. The van der Waals surface area contributed by atoms with Crippen molar-refractivity contribution in [2.24, 2.45) is 0 Å². The van der Waals surface area contributed by atoms with Crippen LogP contribution in [-0.2, 0) is 14.3 Å². The van der Waals surface area contributed by atoms with Gasteiger partial charge in [-0.05, 0) is 44.5 Å². The molecule has 116 valence electrons. The predicted octanol–water partition coefficient (Wildman–Crippen LogP) is 2.68. The second-order valence-corrected chi connectivity index (χ2v) is 6.10. The molecule has 0 spiro atoms. The van der Waals surface area contributed by atoms with Gasteiger partial charge in [-0.15, -0.1) is 0 Å². The van der Waals surface area contributed by atoms with E-state index in [4.69, 9.17) is 9.47 Å². The Bertz CT molecular complexity index is 485. The van der Waals surface area contributed by atoms with Gasteiger partial charge in [0.05, 0.1) is 0 Å². The number of halogens is 1. The van der Waals surface area contributed by atoms with E-state index < -0.39 is 5.97 Å². The fraction of sp³-hybridized carbons (Fsp3) is 0.467. The van der Waals surface area contributed by atoms with Gasteiger partial charge in [0.25, 0.3) is 5.91 Å². The summed E-state index contributed by atoms with van der Waals surface area (Å²) in [5.41, 5.74) is -0.308. The summed E-state index contributed by atoms with van der Waals surface area (Å²) in [4.78, 5) is 23.1. The highest BCUT2D eigenvalue weighted by Gasteiger charge is 2.18. The molecule has 0 radical (unpaired) electrons. The molecule has 0 saturated heterocycles. The van der Waals surface area contributed by atoms with Crippen LogP contribution >= 0.6 is 15.9 Å². The number of hydrogen-bond donors (Lipinski definition) is 1. The van der Waals surface area contributed by atoms with Crippen molar-refractivity contribution in [2.45, 2.75) is 32.7 Å². The molecule has 0 heterocycles. The lowest BCUT2D eigenvalue weighted by molar-refractivity contribution is -0.150. The first-order chi connectivity index (χ1) is 9.82. The van der Waals surface area contributed by atoms with Gasteiger partial charge < -0.3 is 14.8 Å². The van der Waals surface area contributed by atoms with E-state index in [9.17, 15) is 9.59 Å². The van der Waals surface area contributed by atoms with Crippen LogP contribution in [0.1, 0.15) is 27.2 Å². The Morgan fingerprint density at radius 3 is 2.38 bits per heavy atom. The molecule has 0 bridgehead atoms. The second kappa shape index (κ2) is 8.02. The third kappa shape index (κ3) is 7.13. The number of nitrogens with one attached hydrogen (secondary N) is 1. The Morgan fingerprint density at radius 1 is 1.19 bits per heavy atom. The number of ether oxygens (including phenoxy) is 2. The van der Waals surface area contributed by atoms with Crippen LogP contribution in [0.5, 0.6) is 5.75 Å². The SMILES string of the molecule is CCC(C)(C)NC(=O)COC(=O)COc1ccc(Br)cc1. The highest BCUT2D eigenvalue weighted by Crippen LogP contribution is 2.15. The Balaban J connectivity index is 2.28. The summed E-state index contributed by atoms with van der Waals surface area (Å²) in [6.07, 6.45) is 0.791. The highest BCUT2D eigenvalue weighted by atomic mass is 79.9. The van der Waals surface area contributed by atoms with Crippen molar-refractivity contribution in [3.05, 3.63) is 28.7 Å². The van der Waals surface area contributed by atoms with Gasteiger partial charge in [-0.2, -0.15) is 0 Å². The van der Waals surface area contributed by atoms with Gasteiger partial charge >= 0.3 is 5.97 Å². The third-order valence-corrected chi connectivity index (χ3v) is 3.42. The fourth-order valence-corrected chi connectivity index (χ4v) is 1.63. The van der Waals surface area contributed by atoms with Crippen LogP contribution in [0.4, 0.5) is 0 Å². The summed E-state index contributed by atoms with van der Waals surface area (Å²) in [5, 5.41) is 2.78.